The number of methoxy groups -OCH3 is 1. The number of carbonyl (C=O) groups excluding carboxylic acids is 2. The maximum absolute atomic E-state index is 12.2. The second kappa shape index (κ2) is 8.97. The molecule has 1 aliphatic rings. The molecule has 1 atom stereocenters. The summed E-state index contributed by atoms with van der Waals surface area (Å²) in [5.41, 5.74) is 1.42. The van der Waals surface area contributed by atoms with Crippen LogP contribution in [0.15, 0.2) is 24.3 Å². The first-order chi connectivity index (χ1) is 12.0. The summed E-state index contributed by atoms with van der Waals surface area (Å²) in [5.74, 6) is 0.0273. The highest BCUT2D eigenvalue weighted by molar-refractivity contribution is 5.76. The third-order valence-corrected chi connectivity index (χ3v) is 4.92. The molecular formula is C19H28N2O4. The zero-order chi connectivity index (χ0) is 18.3. The van der Waals surface area contributed by atoms with Crippen LogP contribution in [0.2, 0.25) is 0 Å². The van der Waals surface area contributed by atoms with Crippen molar-refractivity contribution in [2.75, 3.05) is 20.2 Å². The molecule has 138 valence electrons. The highest BCUT2D eigenvalue weighted by Crippen LogP contribution is 2.29. The van der Waals surface area contributed by atoms with Crippen molar-refractivity contribution in [2.24, 2.45) is 0 Å². The number of aliphatic hydroxyl groups excluding tert-OH is 1. The van der Waals surface area contributed by atoms with E-state index in [1.54, 1.807) is 18.9 Å². The van der Waals surface area contributed by atoms with E-state index in [2.05, 4.69) is 5.32 Å². The second-order valence-electron chi connectivity index (χ2n) is 6.68. The number of hydrogen-bond donors (Lipinski definition) is 2. The van der Waals surface area contributed by atoms with Crippen molar-refractivity contribution in [3.05, 3.63) is 35.4 Å². The predicted molar refractivity (Wildman–Crippen MR) is 94.7 cm³/mol. The molecule has 2 amide bonds. The van der Waals surface area contributed by atoms with Gasteiger partial charge in [0.15, 0.2) is 0 Å². The normalized spacial score (nSPS) is 20.4. The average molecular weight is 348 g/mol. The molecule has 0 bridgehead atoms. The summed E-state index contributed by atoms with van der Waals surface area (Å²) >= 11 is 0. The maximum atomic E-state index is 12.2. The van der Waals surface area contributed by atoms with Crippen molar-refractivity contribution in [1.29, 1.82) is 0 Å². The lowest BCUT2D eigenvalue weighted by Gasteiger charge is -2.41. The van der Waals surface area contributed by atoms with Crippen molar-refractivity contribution in [3.8, 4) is 0 Å². The largest absolute Gasteiger partial charge is 0.392 e. The van der Waals surface area contributed by atoms with E-state index in [1.165, 1.54) is 0 Å². The number of aliphatic hydroxyl groups is 1. The molecule has 1 aromatic carbocycles. The molecule has 6 heteroatoms. The number of nitrogens with zero attached hydrogens (tertiary/aromatic N) is 1. The van der Waals surface area contributed by atoms with Gasteiger partial charge in [-0.3, -0.25) is 9.59 Å². The third kappa shape index (κ3) is 5.54. The molecule has 1 saturated heterocycles. The van der Waals surface area contributed by atoms with E-state index in [-0.39, 0.29) is 18.4 Å². The molecule has 1 aromatic rings. The summed E-state index contributed by atoms with van der Waals surface area (Å²) in [6.07, 6.45) is 2.73. The number of hydrogen-bond acceptors (Lipinski definition) is 4. The van der Waals surface area contributed by atoms with E-state index in [9.17, 15) is 9.59 Å². The minimum Gasteiger partial charge on any atom is -0.392 e. The van der Waals surface area contributed by atoms with Crippen molar-refractivity contribution in [1.82, 2.24) is 10.2 Å². The summed E-state index contributed by atoms with van der Waals surface area (Å²) in [7, 11) is 1.66. The quantitative estimate of drug-likeness (QED) is 0.784. The second-order valence-corrected chi connectivity index (χ2v) is 6.68. The molecule has 0 aromatic heterocycles. The van der Waals surface area contributed by atoms with Gasteiger partial charge in [-0.15, -0.1) is 0 Å². The number of benzene rings is 1. The Labute approximate surface area is 149 Å². The molecule has 1 fully saturated rings. The van der Waals surface area contributed by atoms with Crippen LogP contribution >= 0.6 is 0 Å². The Bertz CT molecular complexity index is 588. The summed E-state index contributed by atoms with van der Waals surface area (Å²) in [4.78, 5) is 25.6. The van der Waals surface area contributed by atoms with Crippen LogP contribution in [0.3, 0.4) is 0 Å². The SMILES string of the molecule is CO[C@]1(CCC(=O)NCc2ccc(CO)cc2)CCCN(C(C)=O)C1. The Morgan fingerprint density at radius 1 is 1.28 bits per heavy atom. The minimum atomic E-state index is -0.427. The van der Waals surface area contributed by atoms with Gasteiger partial charge in [0.25, 0.3) is 0 Å². The first-order valence-corrected chi connectivity index (χ1v) is 8.74. The minimum absolute atomic E-state index is 0.0169. The Morgan fingerprint density at radius 2 is 1.96 bits per heavy atom. The van der Waals surface area contributed by atoms with Gasteiger partial charge in [-0.25, -0.2) is 0 Å². The summed E-state index contributed by atoms with van der Waals surface area (Å²) in [6, 6.07) is 7.49. The van der Waals surface area contributed by atoms with Crippen LogP contribution in [0.4, 0.5) is 0 Å². The van der Waals surface area contributed by atoms with E-state index < -0.39 is 5.60 Å². The summed E-state index contributed by atoms with van der Waals surface area (Å²) in [6.45, 7) is 3.36. The third-order valence-electron chi connectivity index (χ3n) is 4.92. The lowest BCUT2D eigenvalue weighted by Crippen LogP contribution is -2.51. The first-order valence-electron chi connectivity index (χ1n) is 8.74. The van der Waals surface area contributed by atoms with Gasteiger partial charge in [0, 0.05) is 40.1 Å². The fraction of sp³-hybridized carbons (Fsp3) is 0.579. The van der Waals surface area contributed by atoms with Crippen molar-refractivity contribution < 1.29 is 19.4 Å². The summed E-state index contributed by atoms with van der Waals surface area (Å²) < 4.78 is 5.70. The number of nitrogens with one attached hydrogen (secondary N) is 1. The maximum Gasteiger partial charge on any atom is 0.220 e. The molecule has 0 aliphatic carbocycles. The van der Waals surface area contributed by atoms with Crippen LogP contribution in [0.25, 0.3) is 0 Å². The Morgan fingerprint density at radius 3 is 2.56 bits per heavy atom. The lowest BCUT2D eigenvalue weighted by molar-refractivity contribution is -0.139. The van der Waals surface area contributed by atoms with Gasteiger partial charge in [0.05, 0.1) is 12.2 Å². The van der Waals surface area contributed by atoms with Gasteiger partial charge in [-0.2, -0.15) is 0 Å². The monoisotopic (exact) mass is 348 g/mol. The van der Waals surface area contributed by atoms with Crippen LogP contribution in [-0.2, 0) is 27.5 Å². The predicted octanol–water partition coefficient (Wildman–Crippen LogP) is 1.60. The van der Waals surface area contributed by atoms with Gasteiger partial charge in [0.2, 0.25) is 11.8 Å². The van der Waals surface area contributed by atoms with Crippen molar-refractivity contribution in [2.45, 2.75) is 51.4 Å². The summed E-state index contributed by atoms with van der Waals surface area (Å²) in [5, 5.41) is 11.9. The number of rotatable bonds is 7. The molecule has 25 heavy (non-hydrogen) atoms. The van der Waals surface area contributed by atoms with E-state index in [1.807, 2.05) is 24.3 Å². The molecule has 1 heterocycles. The van der Waals surface area contributed by atoms with E-state index in [0.29, 0.717) is 25.9 Å². The lowest BCUT2D eigenvalue weighted by atomic mass is 9.87. The number of ether oxygens (including phenoxy) is 1. The first kappa shape index (κ1) is 19.4. The Kier molecular flexibility index (Phi) is 6.96. The Balaban J connectivity index is 1.81. The molecular weight excluding hydrogens is 320 g/mol. The fourth-order valence-corrected chi connectivity index (χ4v) is 3.23. The zero-order valence-corrected chi connectivity index (χ0v) is 15.1. The van der Waals surface area contributed by atoms with Gasteiger partial charge in [-0.05, 0) is 30.4 Å². The Hall–Kier alpha value is -1.92. The van der Waals surface area contributed by atoms with Gasteiger partial charge >= 0.3 is 0 Å². The van der Waals surface area contributed by atoms with Crippen LogP contribution in [0.1, 0.15) is 43.7 Å². The topological polar surface area (TPSA) is 78.9 Å². The van der Waals surface area contributed by atoms with Crippen LogP contribution in [-0.4, -0.2) is 47.6 Å². The average Bonchev–Trinajstić information content (AvgIpc) is 2.65. The van der Waals surface area contributed by atoms with Crippen molar-refractivity contribution >= 4 is 11.8 Å². The van der Waals surface area contributed by atoms with Crippen LogP contribution in [0, 0.1) is 0 Å². The highest BCUT2D eigenvalue weighted by atomic mass is 16.5. The van der Waals surface area contributed by atoms with Gasteiger partial charge < -0.3 is 20.1 Å². The van der Waals surface area contributed by atoms with Gasteiger partial charge in [0.1, 0.15) is 0 Å². The molecule has 6 nitrogen and oxygen atoms in total. The molecule has 0 unspecified atom stereocenters. The molecule has 1 aliphatic heterocycles. The molecule has 2 rings (SSSR count). The van der Waals surface area contributed by atoms with Crippen LogP contribution < -0.4 is 5.32 Å². The standard InChI is InChI=1S/C19H28N2O4/c1-15(23)21-11-3-9-19(14-21,25-2)10-8-18(24)20-12-16-4-6-17(13-22)7-5-16/h4-7,22H,3,8-14H2,1-2H3,(H,20,24)/t19-/m0/s1. The highest BCUT2D eigenvalue weighted by Gasteiger charge is 2.36. The molecule has 0 spiro atoms. The molecule has 0 radical (unpaired) electrons. The number of amides is 2. The van der Waals surface area contributed by atoms with E-state index in [0.717, 1.165) is 30.5 Å². The number of carbonyl (C=O) groups is 2. The fourth-order valence-electron chi connectivity index (χ4n) is 3.23. The van der Waals surface area contributed by atoms with Crippen LogP contribution in [0.5, 0.6) is 0 Å². The number of piperidine rings is 1. The van der Waals surface area contributed by atoms with Crippen molar-refractivity contribution in [3.63, 3.8) is 0 Å². The molecule has 0 saturated carbocycles. The zero-order valence-electron chi connectivity index (χ0n) is 15.1. The van der Waals surface area contributed by atoms with E-state index >= 15 is 0 Å². The van der Waals surface area contributed by atoms with Gasteiger partial charge in [-0.1, -0.05) is 24.3 Å². The van der Waals surface area contributed by atoms with E-state index in [4.69, 9.17) is 9.84 Å². The smallest absolute Gasteiger partial charge is 0.220 e. The number of likely N-dealkylation sites (tertiary alicyclic amines) is 1. The molecule has 2 N–H and O–H groups in total.